The molecule has 1 heterocycles. The van der Waals surface area contributed by atoms with E-state index in [9.17, 15) is 14.0 Å². The first-order valence-corrected chi connectivity index (χ1v) is 10.1. The second kappa shape index (κ2) is 9.77. The highest BCUT2D eigenvalue weighted by Gasteiger charge is 2.19. The average Bonchev–Trinajstić information content (AvgIpc) is 3.07. The third-order valence-corrected chi connectivity index (χ3v) is 5.93. The maximum atomic E-state index is 13.3. The van der Waals surface area contributed by atoms with Gasteiger partial charge in [-0.15, -0.1) is 11.3 Å². The molecule has 1 aromatic heterocycles. The molecule has 9 heteroatoms. The summed E-state index contributed by atoms with van der Waals surface area (Å²) < 4.78 is 29.4. The zero-order valence-corrected chi connectivity index (χ0v) is 17.9. The van der Waals surface area contributed by atoms with Gasteiger partial charge in [-0.1, -0.05) is 17.7 Å². The van der Waals surface area contributed by atoms with Crippen LogP contribution >= 0.6 is 22.9 Å². The number of hydrogen-bond donors (Lipinski definition) is 1. The molecule has 158 valence electrons. The van der Waals surface area contributed by atoms with E-state index in [1.165, 1.54) is 18.2 Å². The van der Waals surface area contributed by atoms with Gasteiger partial charge in [-0.3, -0.25) is 4.79 Å². The number of amides is 1. The lowest BCUT2D eigenvalue weighted by atomic mass is 10.1. The fourth-order valence-corrected chi connectivity index (χ4v) is 4.23. The van der Waals surface area contributed by atoms with Crippen molar-refractivity contribution >= 4 is 44.9 Å². The highest BCUT2D eigenvalue weighted by Crippen LogP contribution is 2.36. The Hall–Kier alpha value is -2.84. The van der Waals surface area contributed by atoms with Crippen LogP contribution in [0.1, 0.15) is 15.2 Å². The van der Waals surface area contributed by atoms with Gasteiger partial charge in [0.2, 0.25) is 0 Å². The van der Waals surface area contributed by atoms with E-state index in [4.69, 9.17) is 25.8 Å². The second-order valence-electron chi connectivity index (χ2n) is 6.25. The number of nitrogens with one attached hydrogen (secondary N) is 1. The number of halogens is 2. The summed E-state index contributed by atoms with van der Waals surface area (Å²) in [6.45, 7) is -0.0848. The topological polar surface area (TPSA) is 73.9 Å². The fraction of sp³-hybridized carbons (Fsp3) is 0.238. The van der Waals surface area contributed by atoms with Crippen LogP contribution in [-0.4, -0.2) is 39.2 Å². The molecule has 0 saturated carbocycles. The third kappa shape index (κ3) is 5.01. The van der Waals surface area contributed by atoms with Gasteiger partial charge in [0.25, 0.3) is 5.91 Å². The van der Waals surface area contributed by atoms with Gasteiger partial charge in [0, 0.05) is 16.6 Å². The number of hydrogen-bond acceptors (Lipinski definition) is 6. The fourth-order valence-electron chi connectivity index (χ4n) is 2.80. The standard InChI is InChI=1S/C21H19ClFNO5S/c1-27-15-6-3-12(9-16(15)28-2)7-8-24-18(25)11-29-21(26)20-19(22)14-5-4-13(23)10-17(14)30-20/h3-6,9-10H,7-8,11H2,1-2H3,(H,24,25). The molecule has 0 aliphatic heterocycles. The number of benzene rings is 2. The number of thiophene rings is 1. The van der Waals surface area contributed by atoms with Crippen molar-refractivity contribution in [1.82, 2.24) is 5.32 Å². The van der Waals surface area contributed by atoms with Gasteiger partial charge in [-0.25, -0.2) is 9.18 Å². The van der Waals surface area contributed by atoms with Crippen LogP contribution in [0.2, 0.25) is 5.02 Å². The van der Waals surface area contributed by atoms with Crippen molar-refractivity contribution in [2.24, 2.45) is 0 Å². The van der Waals surface area contributed by atoms with Crippen LogP contribution in [0.3, 0.4) is 0 Å². The molecule has 2 aromatic carbocycles. The summed E-state index contributed by atoms with van der Waals surface area (Å²) in [5.74, 6) is -0.354. The number of carbonyl (C=O) groups excluding carboxylic acids is 2. The molecule has 0 aliphatic rings. The van der Waals surface area contributed by atoms with Crippen molar-refractivity contribution in [3.63, 3.8) is 0 Å². The molecule has 6 nitrogen and oxygen atoms in total. The molecule has 0 aliphatic carbocycles. The first-order chi connectivity index (χ1) is 14.4. The van der Waals surface area contributed by atoms with Crippen LogP contribution in [0.25, 0.3) is 10.1 Å². The molecule has 1 N–H and O–H groups in total. The molecular formula is C21H19ClFNO5S. The third-order valence-electron chi connectivity index (χ3n) is 4.30. The van der Waals surface area contributed by atoms with Crippen molar-refractivity contribution < 1.29 is 28.2 Å². The molecule has 0 atom stereocenters. The summed E-state index contributed by atoms with van der Waals surface area (Å²) >= 11 is 7.20. The van der Waals surface area contributed by atoms with E-state index in [1.807, 2.05) is 12.1 Å². The first kappa shape index (κ1) is 21.9. The SMILES string of the molecule is COc1ccc(CCNC(=O)COC(=O)c2sc3cc(F)ccc3c2Cl)cc1OC. The summed E-state index contributed by atoms with van der Waals surface area (Å²) in [5, 5.41) is 3.44. The van der Waals surface area contributed by atoms with E-state index in [0.717, 1.165) is 16.9 Å². The van der Waals surface area contributed by atoms with Crippen molar-refractivity contribution in [1.29, 1.82) is 0 Å². The van der Waals surface area contributed by atoms with E-state index in [1.54, 1.807) is 20.3 Å². The van der Waals surface area contributed by atoms with Gasteiger partial charge >= 0.3 is 5.97 Å². The lowest BCUT2D eigenvalue weighted by molar-refractivity contribution is -0.124. The highest BCUT2D eigenvalue weighted by molar-refractivity contribution is 7.21. The largest absolute Gasteiger partial charge is 0.493 e. The molecular weight excluding hydrogens is 433 g/mol. The summed E-state index contributed by atoms with van der Waals surface area (Å²) in [6.07, 6.45) is 0.563. The average molecular weight is 452 g/mol. The van der Waals surface area contributed by atoms with Gasteiger partial charge in [0.1, 0.15) is 10.7 Å². The van der Waals surface area contributed by atoms with Crippen LogP contribution in [-0.2, 0) is 16.0 Å². The predicted molar refractivity (Wildman–Crippen MR) is 113 cm³/mol. The van der Waals surface area contributed by atoms with Crippen molar-refractivity contribution in [3.05, 3.63) is 57.7 Å². The zero-order chi connectivity index (χ0) is 21.7. The Morgan fingerprint density at radius 1 is 1.10 bits per heavy atom. The van der Waals surface area contributed by atoms with Gasteiger partial charge in [-0.2, -0.15) is 0 Å². The first-order valence-electron chi connectivity index (χ1n) is 8.95. The Kier molecular flexibility index (Phi) is 7.12. The maximum absolute atomic E-state index is 13.3. The number of esters is 1. The number of fused-ring (bicyclic) bond motifs is 1. The minimum absolute atomic E-state index is 0.135. The predicted octanol–water partition coefficient (Wildman–Crippen LogP) is 4.23. The van der Waals surface area contributed by atoms with Crippen molar-refractivity contribution in [3.8, 4) is 11.5 Å². The smallest absolute Gasteiger partial charge is 0.350 e. The van der Waals surface area contributed by atoms with Crippen molar-refractivity contribution in [2.45, 2.75) is 6.42 Å². The molecule has 3 aromatic rings. The number of carbonyl (C=O) groups is 2. The van der Waals surface area contributed by atoms with Gasteiger partial charge in [0.15, 0.2) is 18.1 Å². The van der Waals surface area contributed by atoms with Crippen LogP contribution in [0.4, 0.5) is 4.39 Å². The summed E-state index contributed by atoms with van der Waals surface area (Å²) in [6, 6.07) is 9.56. The molecule has 0 saturated heterocycles. The summed E-state index contributed by atoms with van der Waals surface area (Å²) in [5.41, 5.74) is 0.953. The number of ether oxygens (including phenoxy) is 3. The number of rotatable bonds is 8. The molecule has 1 amide bonds. The van der Waals surface area contributed by atoms with Crippen molar-refractivity contribution in [2.75, 3.05) is 27.4 Å². The summed E-state index contributed by atoms with van der Waals surface area (Å²) in [7, 11) is 3.11. The van der Waals surface area contributed by atoms with Crippen LogP contribution in [0, 0.1) is 5.82 Å². The van der Waals surface area contributed by atoms with E-state index in [-0.39, 0.29) is 9.90 Å². The number of methoxy groups -OCH3 is 2. The highest BCUT2D eigenvalue weighted by atomic mass is 35.5. The van der Waals surface area contributed by atoms with E-state index >= 15 is 0 Å². The molecule has 0 unspecified atom stereocenters. The minimum Gasteiger partial charge on any atom is -0.493 e. The Balaban J connectivity index is 1.50. The quantitative estimate of drug-likeness (QED) is 0.519. The molecule has 3 rings (SSSR count). The second-order valence-corrected chi connectivity index (χ2v) is 7.68. The van der Waals surface area contributed by atoms with E-state index in [2.05, 4.69) is 5.32 Å². The molecule has 0 spiro atoms. The summed E-state index contributed by atoms with van der Waals surface area (Å²) in [4.78, 5) is 24.4. The molecule has 0 bridgehead atoms. The lowest BCUT2D eigenvalue weighted by Gasteiger charge is -2.10. The zero-order valence-electron chi connectivity index (χ0n) is 16.3. The Bertz CT molecular complexity index is 1080. The molecule has 0 radical (unpaired) electrons. The molecule has 0 fully saturated rings. The Labute approximate surface area is 181 Å². The van der Waals surface area contributed by atoms with E-state index < -0.39 is 24.3 Å². The monoisotopic (exact) mass is 451 g/mol. The lowest BCUT2D eigenvalue weighted by Crippen LogP contribution is -2.30. The van der Waals surface area contributed by atoms with Crippen LogP contribution < -0.4 is 14.8 Å². The maximum Gasteiger partial charge on any atom is 0.350 e. The van der Waals surface area contributed by atoms with Gasteiger partial charge in [0.05, 0.1) is 19.2 Å². The normalized spacial score (nSPS) is 10.7. The Morgan fingerprint density at radius 3 is 2.60 bits per heavy atom. The van der Waals surface area contributed by atoms with Gasteiger partial charge < -0.3 is 19.5 Å². The Morgan fingerprint density at radius 2 is 1.87 bits per heavy atom. The van der Waals surface area contributed by atoms with Gasteiger partial charge in [-0.05, 0) is 42.3 Å². The van der Waals surface area contributed by atoms with Crippen LogP contribution in [0.5, 0.6) is 11.5 Å². The minimum atomic E-state index is -0.725. The van der Waals surface area contributed by atoms with Crippen LogP contribution in [0.15, 0.2) is 36.4 Å². The van der Waals surface area contributed by atoms with E-state index in [0.29, 0.717) is 34.6 Å². The molecule has 30 heavy (non-hydrogen) atoms.